The fourth-order valence-corrected chi connectivity index (χ4v) is 5.97. The molecular weight excluding hydrogens is 539 g/mol. The second kappa shape index (κ2) is 13.1. The quantitative estimate of drug-likeness (QED) is 0.133. The van der Waals surface area contributed by atoms with Gasteiger partial charge < -0.3 is 15.4 Å². The first-order chi connectivity index (χ1) is 19.6. The molecule has 1 unspecified atom stereocenters. The van der Waals surface area contributed by atoms with Crippen LogP contribution >= 0.6 is 23.1 Å². The number of hydrogen-bond donors (Lipinski definition) is 2. The van der Waals surface area contributed by atoms with Crippen molar-refractivity contribution in [2.45, 2.75) is 17.1 Å². The summed E-state index contributed by atoms with van der Waals surface area (Å²) in [7, 11) is 0. The van der Waals surface area contributed by atoms with E-state index in [1.807, 2.05) is 110 Å². The van der Waals surface area contributed by atoms with Gasteiger partial charge in [0.25, 0.3) is 0 Å². The van der Waals surface area contributed by atoms with E-state index in [1.165, 1.54) is 29.2 Å². The lowest BCUT2D eigenvalue weighted by atomic mass is 10.1. The maximum Gasteiger partial charge on any atom is 0.248 e. The van der Waals surface area contributed by atoms with Gasteiger partial charge in [0, 0.05) is 16.7 Å². The molecule has 0 fully saturated rings. The lowest BCUT2D eigenvalue weighted by Crippen LogP contribution is -2.19. The van der Waals surface area contributed by atoms with E-state index in [0.29, 0.717) is 17.4 Å². The molecule has 200 valence electrons. The summed E-state index contributed by atoms with van der Waals surface area (Å²) in [6, 6.07) is 32.5. The third-order valence-electron chi connectivity index (χ3n) is 5.82. The van der Waals surface area contributed by atoms with Gasteiger partial charge in [-0.15, -0.1) is 11.8 Å². The number of anilines is 2. The number of carbonyl (C=O) groups is 2. The summed E-state index contributed by atoms with van der Waals surface area (Å²) in [6.07, 6.45) is 3.27. The van der Waals surface area contributed by atoms with Crippen LogP contribution < -0.4 is 15.4 Å². The third-order valence-corrected chi connectivity index (χ3v) is 8.01. The topological polar surface area (TPSA) is 80.3 Å². The SMILES string of the molecule is CCOc1ccc2nc(NC(=O)C(Sc3cccc(NC(=O)/C=C/c4ccccc4)c3)c3ccccc3)sc2c1. The summed E-state index contributed by atoms with van der Waals surface area (Å²) >= 11 is 2.82. The second-order valence-corrected chi connectivity index (χ2v) is 10.9. The highest BCUT2D eigenvalue weighted by Gasteiger charge is 2.23. The molecule has 0 aliphatic heterocycles. The average Bonchev–Trinajstić information content (AvgIpc) is 3.37. The number of fused-ring (bicyclic) bond motifs is 1. The molecule has 0 spiro atoms. The molecule has 2 N–H and O–H groups in total. The summed E-state index contributed by atoms with van der Waals surface area (Å²) in [4.78, 5) is 31.5. The summed E-state index contributed by atoms with van der Waals surface area (Å²) in [6.45, 7) is 2.52. The fraction of sp³-hybridized carbons (Fsp3) is 0.0938. The van der Waals surface area contributed by atoms with Crippen LogP contribution in [-0.2, 0) is 9.59 Å². The number of aromatic nitrogens is 1. The van der Waals surface area contributed by atoms with E-state index < -0.39 is 5.25 Å². The number of ether oxygens (including phenoxy) is 1. The average molecular weight is 566 g/mol. The predicted molar refractivity (Wildman–Crippen MR) is 165 cm³/mol. The van der Waals surface area contributed by atoms with Crippen LogP contribution in [0.4, 0.5) is 10.8 Å². The van der Waals surface area contributed by atoms with Gasteiger partial charge in [0.15, 0.2) is 5.13 Å². The highest BCUT2D eigenvalue weighted by molar-refractivity contribution is 8.00. The molecule has 4 aromatic carbocycles. The first kappa shape index (κ1) is 27.2. The van der Waals surface area contributed by atoms with Crippen molar-refractivity contribution < 1.29 is 14.3 Å². The van der Waals surface area contributed by atoms with Crippen LogP contribution in [0.1, 0.15) is 23.3 Å². The zero-order valence-corrected chi connectivity index (χ0v) is 23.4. The van der Waals surface area contributed by atoms with Gasteiger partial charge in [-0.1, -0.05) is 78.1 Å². The summed E-state index contributed by atoms with van der Waals surface area (Å²) < 4.78 is 6.53. The van der Waals surface area contributed by atoms with Gasteiger partial charge in [0.05, 0.1) is 16.8 Å². The van der Waals surface area contributed by atoms with Crippen molar-refractivity contribution in [2.24, 2.45) is 0 Å². The Balaban J connectivity index is 1.31. The van der Waals surface area contributed by atoms with Crippen molar-refractivity contribution in [1.82, 2.24) is 4.98 Å². The molecule has 5 aromatic rings. The van der Waals surface area contributed by atoms with Crippen molar-refractivity contribution in [3.8, 4) is 5.75 Å². The Morgan fingerprint density at radius 3 is 2.48 bits per heavy atom. The minimum atomic E-state index is -0.531. The fourth-order valence-electron chi connectivity index (χ4n) is 3.99. The highest BCUT2D eigenvalue weighted by atomic mass is 32.2. The number of nitrogens with zero attached hydrogens (tertiary/aromatic N) is 1. The molecule has 0 aliphatic rings. The van der Waals surface area contributed by atoms with Gasteiger partial charge in [-0.05, 0) is 60.5 Å². The molecule has 1 atom stereocenters. The summed E-state index contributed by atoms with van der Waals surface area (Å²) in [5.41, 5.74) is 3.26. The van der Waals surface area contributed by atoms with E-state index in [2.05, 4.69) is 15.6 Å². The lowest BCUT2D eigenvalue weighted by molar-refractivity contribution is -0.116. The van der Waals surface area contributed by atoms with E-state index in [4.69, 9.17) is 4.74 Å². The Kier molecular flexibility index (Phi) is 8.90. The number of amides is 2. The maximum atomic E-state index is 13.6. The number of carbonyl (C=O) groups excluding carboxylic acids is 2. The zero-order chi connectivity index (χ0) is 27.7. The summed E-state index contributed by atoms with van der Waals surface area (Å²) in [5.74, 6) is 0.365. The number of rotatable bonds is 10. The molecule has 40 heavy (non-hydrogen) atoms. The first-order valence-electron chi connectivity index (χ1n) is 12.8. The normalized spacial score (nSPS) is 11.8. The molecule has 2 amide bonds. The zero-order valence-electron chi connectivity index (χ0n) is 21.7. The van der Waals surface area contributed by atoms with Crippen molar-refractivity contribution in [3.63, 3.8) is 0 Å². The monoisotopic (exact) mass is 565 g/mol. The molecule has 0 radical (unpaired) electrons. The van der Waals surface area contributed by atoms with Gasteiger partial charge in [-0.3, -0.25) is 9.59 Å². The van der Waals surface area contributed by atoms with E-state index in [0.717, 1.165) is 32.0 Å². The van der Waals surface area contributed by atoms with Crippen molar-refractivity contribution in [2.75, 3.05) is 17.2 Å². The molecule has 5 rings (SSSR count). The highest BCUT2D eigenvalue weighted by Crippen LogP contribution is 2.38. The smallest absolute Gasteiger partial charge is 0.248 e. The van der Waals surface area contributed by atoms with Crippen LogP contribution in [0.2, 0.25) is 0 Å². The molecule has 6 nitrogen and oxygen atoms in total. The molecule has 1 heterocycles. The van der Waals surface area contributed by atoms with E-state index >= 15 is 0 Å². The van der Waals surface area contributed by atoms with E-state index in [9.17, 15) is 9.59 Å². The summed E-state index contributed by atoms with van der Waals surface area (Å²) in [5, 5.41) is 5.91. The molecule has 0 saturated heterocycles. The molecular formula is C32H27N3O3S2. The Morgan fingerprint density at radius 2 is 1.70 bits per heavy atom. The molecule has 0 aliphatic carbocycles. The Bertz CT molecular complexity index is 1640. The minimum Gasteiger partial charge on any atom is -0.494 e. The first-order valence-corrected chi connectivity index (χ1v) is 14.5. The number of thiazole rings is 1. The van der Waals surface area contributed by atoms with Crippen molar-refractivity contribution in [1.29, 1.82) is 0 Å². The Hall–Kier alpha value is -4.40. The van der Waals surface area contributed by atoms with Crippen LogP contribution in [0.15, 0.2) is 114 Å². The van der Waals surface area contributed by atoms with Crippen LogP contribution in [0.3, 0.4) is 0 Å². The molecule has 8 heteroatoms. The second-order valence-electron chi connectivity index (χ2n) is 8.74. The molecule has 0 bridgehead atoms. The van der Waals surface area contributed by atoms with E-state index in [1.54, 1.807) is 6.08 Å². The van der Waals surface area contributed by atoms with Gasteiger partial charge in [0.1, 0.15) is 11.0 Å². The van der Waals surface area contributed by atoms with E-state index in [-0.39, 0.29) is 11.8 Å². The van der Waals surface area contributed by atoms with Crippen molar-refractivity contribution in [3.05, 3.63) is 120 Å². The number of thioether (sulfide) groups is 1. The van der Waals surface area contributed by atoms with Crippen LogP contribution in [0, 0.1) is 0 Å². The van der Waals surface area contributed by atoms with Crippen LogP contribution in [-0.4, -0.2) is 23.4 Å². The van der Waals surface area contributed by atoms with Crippen LogP contribution in [0.5, 0.6) is 5.75 Å². The standard InChI is InChI=1S/C32H27N3O3S2/c1-2-38-25-17-18-27-28(21-25)40-32(34-27)35-31(37)30(23-12-7-4-8-13-23)39-26-15-9-14-24(20-26)33-29(36)19-16-22-10-5-3-6-11-22/h3-21,30H,2H2,1H3,(H,33,36)(H,34,35,37)/b19-16+. The maximum absolute atomic E-state index is 13.6. The number of benzene rings is 4. The number of nitrogens with one attached hydrogen (secondary N) is 2. The van der Waals surface area contributed by atoms with Gasteiger partial charge >= 0.3 is 0 Å². The minimum absolute atomic E-state index is 0.180. The number of hydrogen-bond acceptors (Lipinski definition) is 6. The van der Waals surface area contributed by atoms with Crippen LogP contribution in [0.25, 0.3) is 16.3 Å². The third kappa shape index (κ3) is 7.16. The predicted octanol–water partition coefficient (Wildman–Crippen LogP) is 7.82. The Labute approximate surface area is 241 Å². The largest absolute Gasteiger partial charge is 0.494 e. The molecule has 0 saturated carbocycles. The van der Waals surface area contributed by atoms with Gasteiger partial charge in [-0.25, -0.2) is 4.98 Å². The molecule has 1 aromatic heterocycles. The lowest BCUT2D eigenvalue weighted by Gasteiger charge is -2.16. The van der Waals surface area contributed by atoms with Gasteiger partial charge in [-0.2, -0.15) is 0 Å². The Morgan fingerprint density at radius 1 is 0.925 bits per heavy atom. The van der Waals surface area contributed by atoms with Crippen molar-refractivity contribution >= 4 is 62.0 Å². The van der Waals surface area contributed by atoms with Gasteiger partial charge in [0.2, 0.25) is 11.8 Å².